The molecular formula is C24H27NO5. The molecule has 1 atom stereocenters. The molecule has 0 heterocycles. The predicted octanol–water partition coefficient (Wildman–Crippen LogP) is 4.34. The van der Waals surface area contributed by atoms with E-state index in [4.69, 9.17) is 24.5 Å². The normalized spacial score (nSPS) is 11.3. The molecule has 0 spiro atoms. The minimum Gasteiger partial charge on any atom is -0.493 e. The van der Waals surface area contributed by atoms with Crippen LogP contribution in [0.2, 0.25) is 0 Å². The smallest absolute Gasteiger partial charge is 0.414 e. The maximum absolute atomic E-state index is 9.10. The van der Waals surface area contributed by atoms with E-state index in [1.54, 1.807) is 0 Å². The molecule has 6 nitrogen and oxygen atoms in total. The van der Waals surface area contributed by atoms with Crippen molar-refractivity contribution in [2.75, 3.05) is 13.7 Å². The SMILES string of the molecule is CNC(CCOc1ccc(C)c2ccccc12)c1ccc(C)cc1.O=C(O)C(=O)O. The molecule has 3 aromatic rings. The lowest BCUT2D eigenvalue weighted by atomic mass is 10.0. The molecule has 0 radical (unpaired) electrons. The Morgan fingerprint density at radius 2 is 1.50 bits per heavy atom. The van der Waals surface area contributed by atoms with Gasteiger partial charge in [-0.05, 0) is 43.5 Å². The summed E-state index contributed by atoms with van der Waals surface area (Å²) in [6.45, 7) is 4.94. The molecule has 1 unspecified atom stereocenters. The molecule has 0 aliphatic rings. The predicted molar refractivity (Wildman–Crippen MR) is 117 cm³/mol. The van der Waals surface area contributed by atoms with Gasteiger partial charge in [0.25, 0.3) is 0 Å². The van der Waals surface area contributed by atoms with Gasteiger partial charge in [0.15, 0.2) is 0 Å². The Balaban J connectivity index is 0.000000469. The van der Waals surface area contributed by atoms with Crippen LogP contribution in [0, 0.1) is 13.8 Å². The molecule has 3 N–H and O–H groups in total. The summed E-state index contributed by atoms with van der Waals surface area (Å²) >= 11 is 0. The monoisotopic (exact) mass is 409 g/mol. The number of carboxylic acid groups (broad SMARTS) is 2. The standard InChI is InChI=1S/C22H25NO.C2H2O4/c1-16-8-11-18(12-9-16)21(23-3)14-15-24-22-13-10-17(2)19-6-4-5-7-20(19)22;3-1(4)2(5)6/h4-13,21,23H,14-15H2,1-3H3;(H,3,4)(H,5,6). The molecule has 0 saturated heterocycles. The minimum absolute atomic E-state index is 0.308. The largest absolute Gasteiger partial charge is 0.493 e. The first kappa shape index (κ1) is 22.9. The van der Waals surface area contributed by atoms with Crippen LogP contribution < -0.4 is 10.1 Å². The molecule has 0 aliphatic carbocycles. The zero-order valence-electron chi connectivity index (χ0n) is 17.4. The number of carboxylic acids is 2. The van der Waals surface area contributed by atoms with Crippen LogP contribution in [0.15, 0.2) is 60.7 Å². The molecule has 0 aromatic heterocycles. The van der Waals surface area contributed by atoms with E-state index < -0.39 is 11.9 Å². The van der Waals surface area contributed by atoms with Gasteiger partial charge in [0, 0.05) is 17.8 Å². The number of hydrogen-bond donors (Lipinski definition) is 3. The number of aryl methyl sites for hydroxylation is 2. The Morgan fingerprint density at radius 1 is 0.900 bits per heavy atom. The summed E-state index contributed by atoms with van der Waals surface area (Å²) in [6.07, 6.45) is 0.932. The second-order valence-corrected chi connectivity index (χ2v) is 6.93. The molecule has 3 aromatic carbocycles. The maximum Gasteiger partial charge on any atom is 0.414 e. The highest BCUT2D eigenvalue weighted by atomic mass is 16.5. The van der Waals surface area contributed by atoms with E-state index in [2.05, 4.69) is 79.8 Å². The lowest BCUT2D eigenvalue weighted by molar-refractivity contribution is -0.159. The van der Waals surface area contributed by atoms with Crippen LogP contribution in [0.25, 0.3) is 10.8 Å². The Morgan fingerprint density at radius 3 is 2.07 bits per heavy atom. The lowest BCUT2D eigenvalue weighted by Crippen LogP contribution is -2.19. The van der Waals surface area contributed by atoms with Crippen LogP contribution in [0.5, 0.6) is 5.75 Å². The van der Waals surface area contributed by atoms with Gasteiger partial charge in [-0.25, -0.2) is 9.59 Å². The van der Waals surface area contributed by atoms with Gasteiger partial charge in [0.2, 0.25) is 0 Å². The van der Waals surface area contributed by atoms with Crippen molar-refractivity contribution >= 4 is 22.7 Å². The van der Waals surface area contributed by atoms with Crippen LogP contribution in [0.3, 0.4) is 0 Å². The van der Waals surface area contributed by atoms with Crippen molar-refractivity contribution in [2.24, 2.45) is 0 Å². The fourth-order valence-corrected chi connectivity index (χ4v) is 3.11. The number of benzene rings is 3. The van der Waals surface area contributed by atoms with E-state index in [0.29, 0.717) is 12.6 Å². The summed E-state index contributed by atoms with van der Waals surface area (Å²) in [6, 6.07) is 21.7. The van der Waals surface area contributed by atoms with E-state index in [9.17, 15) is 0 Å². The average molecular weight is 409 g/mol. The van der Waals surface area contributed by atoms with E-state index >= 15 is 0 Å². The van der Waals surface area contributed by atoms with Crippen molar-refractivity contribution in [3.63, 3.8) is 0 Å². The summed E-state index contributed by atoms with van der Waals surface area (Å²) in [7, 11) is 2.01. The van der Waals surface area contributed by atoms with Gasteiger partial charge in [-0.3, -0.25) is 0 Å². The van der Waals surface area contributed by atoms with Crippen molar-refractivity contribution < 1.29 is 24.5 Å². The van der Waals surface area contributed by atoms with Crippen LogP contribution in [-0.2, 0) is 9.59 Å². The van der Waals surface area contributed by atoms with E-state index in [-0.39, 0.29) is 0 Å². The van der Waals surface area contributed by atoms with Crippen molar-refractivity contribution in [1.29, 1.82) is 0 Å². The van der Waals surface area contributed by atoms with Crippen molar-refractivity contribution in [2.45, 2.75) is 26.3 Å². The third kappa shape index (κ3) is 6.32. The Bertz CT molecular complexity index is 986. The molecule has 158 valence electrons. The Kier molecular flexibility index (Phi) is 8.38. The number of fused-ring (bicyclic) bond motifs is 1. The highest BCUT2D eigenvalue weighted by molar-refractivity contribution is 6.27. The number of carbonyl (C=O) groups is 2. The van der Waals surface area contributed by atoms with Crippen molar-refractivity contribution in [3.8, 4) is 5.75 Å². The summed E-state index contributed by atoms with van der Waals surface area (Å²) in [5.74, 6) is -2.68. The quantitative estimate of drug-likeness (QED) is 0.524. The zero-order chi connectivity index (χ0) is 22.1. The molecule has 0 amide bonds. The Labute approximate surface area is 176 Å². The lowest BCUT2D eigenvalue weighted by Gasteiger charge is -2.18. The van der Waals surface area contributed by atoms with Gasteiger partial charge in [-0.15, -0.1) is 0 Å². The molecule has 30 heavy (non-hydrogen) atoms. The van der Waals surface area contributed by atoms with E-state index in [1.807, 2.05) is 7.05 Å². The number of ether oxygens (including phenoxy) is 1. The van der Waals surface area contributed by atoms with Gasteiger partial charge in [-0.1, -0.05) is 60.2 Å². The molecule has 0 fully saturated rings. The van der Waals surface area contributed by atoms with Crippen LogP contribution >= 0.6 is 0 Å². The van der Waals surface area contributed by atoms with Gasteiger partial charge in [0.1, 0.15) is 5.75 Å². The topological polar surface area (TPSA) is 95.9 Å². The van der Waals surface area contributed by atoms with Crippen LogP contribution in [0.4, 0.5) is 0 Å². The van der Waals surface area contributed by atoms with Gasteiger partial charge < -0.3 is 20.3 Å². The van der Waals surface area contributed by atoms with Gasteiger partial charge in [0.05, 0.1) is 6.61 Å². The third-order valence-electron chi connectivity index (χ3n) is 4.78. The zero-order valence-corrected chi connectivity index (χ0v) is 17.4. The van der Waals surface area contributed by atoms with E-state index in [0.717, 1.165) is 12.2 Å². The number of hydrogen-bond acceptors (Lipinski definition) is 4. The Hall–Kier alpha value is -3.38. The summed E-state index contributed by atoms with van der Waals surface area (Å²) in [5.41, 5.74) is 3.88. The van der Waals surface area contributed by atoms with Gasteiger partial charge >= 0.3 is 11.9 Å². The number of nitrogens with one attached hydrogen (secondary N) is 1. The first-order valence-electron chi connectivity index (χ1n) is 9.64. The fraction of sp³-hybridized carbons (Fsp3) is 0.250. The maximum atomic E-state index is 9.10. The molecule has 0 bridgehead atoms. The highest BCUT2D eigenvalue weighted by Gasteiger charge is 2.10. The summed E-state index contributed by atoms with van der Waals surface area (Å²) < 4.78 is 6.11. The van der Waals surface area contributed by atoms with Gasteiger partial charge in [-0.2, -0.15) is 0 Å². The molecular weight excluding hydrogens is 382 g/mol. The average Bonchev–Trinajstić information content (AvgIpc) is 2.74. The van der Waals surface area contributed by atoms with Crippen molar-refractivity contribution in [3.05, 3.63) is 77.4 Å². The molecule has 3 rings (SSSR count). The third-order valence-corrected chi connectivity index (χ3v) is 4.78. The number of aliphatic carboxylic acids is 2. The highest BCUT2D eigenvalue weighted by Crippen LogP contribution is 2.28. The first-order valence-corrected chi connectivity index (χ1v) is 9.64. The summed E-state index contributed by atoms with van der Waals surface area (Å²) in [5, 5.41) is 20.6. The molecule has 6 heteroatoms. The van der Waals surface area contributed by atoms with Crippen LogP contribution in [-0.4, -0.2) is 35.8 Å². The fourth-order valence-electron chi connectivity index (χ4n) is 3.11. The second kappa shape index (κ2) is 11.0. The molecule has 0 saturated carbocycles. The minimum atomic E-state index is -1.82. The first-order chi connectivity index (χ1) is 14.3. The summed E-state index contributed by atoms with van der Waals surface area (Å²) in [4.78, 5) is 18.2. The van der Waals surface area contributed by atoms with Crippen molar-refractivity contribution in [1.82, 2.24) is 5.32 Å². The van der Waals surface area contributed by atoms with Crippen LogP contribution in [0.1, 0.15) is 29.2 Å². The number of rotatable bonds is 6. The van der Waals surface area contributed by atoms with E-state index in [1.165, 1.54) is 27.5 Å². The molecule has 0 aliphatic heterocycles. The second-order valence-electron chi connectivity index (χ2n) is 6.93.